The number of benzene rings is 1. The standard InChI is InChI=1S/C16H20ClNO2/c17-14-4-2-13(3-5-14)16(7-1-8-16)15(20)18-9-6-12(10-18)11-19/h2-5,12,19H,1,6-11H2. The number of carbonyl (C=O) groups is 1. The molecule has 0 aromatic heterocycles. The highest BCUT2D eigenvalue weighted by Gasteiger charge is 2.48. The molecule has 3 nitrogen and oxygen atoms in total. The minimum Gasteiger partial charge on any atom is -0.396 e. The highest BCUT2D eigenvalue weighted by atomic mass is 35.5. The van der Waals surface area contributed by atoms with E-state index in [0.717, 1.165) is 37.8 Å². The molecule has 1 heterocycles. The summed E-state index contributed by atoms with van der Waals surface area (Å²) in [5.41, 5.74) is 0.750. The van der Waals surface area contributed by atoms with Gasteiger partial charge in [0.2, 0.25) is 5.91 Å². The zero-order valence-electron chi connectivity index (χ0n) is 11.5. The van der Waals surface area contributed by atoms with E-state index < -0.39 is 0 Å². The van der Waals surface area contributed by atoms with Crippen molar-refractivity contribution in [2.24, 2.45) is 5.92 Å². The van der Waals surface area contributed by atoms with Crippen molar-refractivity contribution < 1.29 is 9.90 Å². The summed E-state index contributed by atoms with van der Waals surface area (Å²) in [7, 11) is 0. The summed E-state index contributed by atoms with van der Waals surface area (Å²) in [5.74, 6) is 0.489. The quantitative estimate of drug-likeness (QED) is 0.930. The summed E-state index contributed by atoms with van der Waals surface area (Å²) < 4.78 is 0. The van der Waals surface area contributed by atoms with Crippen LogP contribution in [0.3, 0.4) is 0 Å². The Kier molecular flexibility index (Phi) is 3.74. The van der Waals surface area contributed by atoms with E-state index in [2.05, 4.69) is 0 Å². The molecule has 2 aliphatic rings. The molecule has 1 aromatic rings. The molecule has 1 aliphatic heterocycles. The molecule has 0 radical (unpaired) electrons. The van der Waals surface area contributed by atoms with Crippen molar-refractivity contribution in [2.75, 3.05) is 19.7 Å². The Morgan fingerprint density at radius 2 is 2.05 bits per heavy atom. The molecule has 1 aromatic carbocycles. The van der Waals surface area contributed by atoms with Crippen LogP contribution in [-0.2, 0) is 10.2 Å². The van der Waals surface area contributed by atoms with E-state index in [1.807, 2.05) is 29.2 Å². The fourth-order valence-electron chi connectivity index (χ4n) is 3.39. The molecule has 0 spiro atoms. The molecular weight excluding hydrogens is 274 g/mol. The Labute approximate surface area is 124 Å². The number of hydrogen-bond acceptors (Lipinski definition) is 2. The lowest BCUT2D eigenvalue weighted by Crippen LogP contribution is -2.50. The Bertz CT molecular complexity index is 496. The van der Waals surface area contributed by atoms with Crippen molar-refractivity contribution >= 4 is 17.5 Å². The maximum absolute atomic E-state index is 12.9. The van der Waals surface area contributed by atoms with Gasteiger partial charge in [-0.3, -0.25) is 4.79 Å². The van der Waals surface area contributed by atoms with Gasteiger partial charge < -0.3 is 10.0 Å². The van der Waals surface area contributed by atoms with E-state index in [1.54, 1.807) is 0 Å². The molecule has 1 unspecified atom stereocenters. The number of hydrogen-bond donors (Lipinski definition) is 1. The van der Waals surface area contributed by atoms with Crippen molar-refractivity contribution in [1.29, 1.82) is 0 Å². The lowest BCUT2D eigenvalue weighted by Gasteiger charge is -2.43. The summed E-state index contributed by atoms with van der Waals surface area (Å²) in [6.45, 7) is 1.65. The molecule has 2 fully saturated rings. The third-order valence-electron chi connectivity index (χ3n) is 4.84. The third-order valence-corrected chi connectivity index (χ3v) is 5.10. The van der Waals surface area contributed by atoms with Crippen molar-refractivity contribution in [3.63, 3.8) is 0 Å². The van der Waals surface area contributed by atoms with Crippen molar-refractivity contribution in [1.82, 2.24) is 4.90 Å². The normalized spacial score (nSPS) is 24.5. The number of aliphatic hydroxyl groups excluding tert-OH is 1. The second-order valence-electron chi connectivity index (χ2n) is 6.03. The van der Waals surface area contributed by atoms with E-state index in [0.29, 0.717) is 11.6 Å². The average Bonchev–Trinajstić information content (AvgIpc) is 2.88. The monoisotopic (exact) mass is 293 g/mol. The maximum atomic E-state index is 12.9. The molecule has 1 saturated carbocycles. The number of nitrogens with zero attached hydrogens (tertiary/aromatic N) is 1. The van der Waals surface area contributed by atoms with E-state index in [-0.39, 0.29) is 23.8 Å². The lowest BCUT2D eigenvalue weighted by molar-refractivity contribution is -0.140. The average molecular weight is 294 g/mol. The fraction of sp³-hybridized carbons (Fsp3) is 0.562. The lowest BCUT2D eigenvalue weighted by atomic mass is 9.63. The molecule has 1 atom stereocenters. The highest BCUT2D eigenvalue weighted by Crippen LogP contribution is 2.46. The van der Waals surface area contributed by atoms with Gasteiger partial charge in [-0.25, -0.2) is 0 Å². The molecule has 1 amide bonds. The molecule has 20 heavy (non-hydrogen) atoms. The smallest absolute Gasteiger partial charge is 0.233 e. The zero-order chi connectivity index (χ0) is 14.2. The first kappa shape index (κ1) is 13.9. The predicted molar refractivity (Wildman–Crippen MR) is 78.8 cm³/mol. The summed E-state index contributed by atoms with van der Waals surface area (Å²) in [5, 5.41) is 9.94. The van der Waals surface area contributed by atoms with Gasteiger partial charge in [-0.1, -0.05) is 30.2 Å². The molecule has 3 rings (SSSR count). The molecule has 1 saturated heterocycles. The van der Waals surface area contributed by atoms with Crippen LogP contribution >= 0.6 is 11.6 Å². The van der Waals surface area contributed by atoms with Crippen LogP contribution in [0.4, 0.5) is 0 Å². The van der Waals surface area contributed by atoms with E-state index >= 15 is 0 Å². The van der Waals surface area contributed by atoms with Gasteiger partial charge in [0.25, 0.3) is 0 Å². The number of rotatable bonds is 3. The minimum absolute atomic E-state index is 0.178. The molecule has 4 heteroatoms. The Hall–Kier alpha value is -1.06. The Morgan fingerprint density at radius 1 is 1.35 bits per heavy atom. The molecule has 1 N–H and O–H groups in total. The molecule has 0 bridgehead atoms. The SMILES string of the molecule is O=C(N1CCC(CO)C1)C1(c2ccc(Cl)cc2)CCC1. The van der Waals surface area contributed by atoms with Crippen LogP contribution in [0.1, 0.15) is 31.2 Å². The number of aliphatic hydroxyl groups is 1. The van der Waals surface area contributed by atoms with Gasteiger partial charge in [-0.2, -0.15) is 0 Å². The van der Waals surface area contributed by atoms with Crippen LogP contribution in [0.5, 0.6) is 0 Å². The highest BCUT2D eigenvalue weighted by molar-refractivity contribution is 6.30. The van der Waals surface area contributed by atoms with Crippen LogP contribution in [0, 0.1) is 5.92 Å². The van der Waals surface area contributed by atoms with E-state index in [4.69, 9.17) is 11.6 Å². The van der Waals surface area contributed by atoms with Crippen molar-refractivity contribution in [3.05, 3.63) is 34.9 Å². The first-order chi connectivity index (χ1) is 9.65. The number of likely N-dealkylation sites (tertiary alicyclic amines) is 1. The summed E-state index contributed by atoms with van der Waals surface area (Å²) >= 11 is 5.94. The molecular formula is C16H20ClNO2. The topological polar surface area (TPSA) is 40.5 Å². The van der Waals surface area contributed by atoms with Gasteiger partial charge in [0.15, 0.2) is 0 Å². The largest absolute Gasteiger partial charge is 0.396 e. The maximum Gasteiger partial charge on any atom is 0.233 e. The van der Waals surface area contributed by atoms with Crippen LogP contribution in [-0.4, -0.2) is 35.6 Å². The second kappa shape index (κ2) is 5.38. The first-order valence-electron chi connectivity index (χ1n) is 7.32. The van der Waals surface area contributed by atoms with Gasteiger partial charge in [-0.05, 0) is 37.0 Å². The number of amides is 1. The van der Waals surface area contributed by atoms with Crippen LogP contribution < -0.4 is 0 Å². The minimum atomic E-state index is -0.338. The van der Waals surface area contributed by atoms with Gasteiger partial charge in [-0.15, -0.1) is 0 Å². The van der Waals surface area contributed by atoms with Crippen molar-refractivity contribution in [3.8, 4) is 0 Å². The summed E-state index contributed by atoms with van der Waals surface area (Å²) in [6, 6.07) is 7.70. The van der Waals surface area contributed by atoms with Gasteiger partial charge in [0, 0.05) is 30.6 Å². The molecule has 1 aliphatic carbocycles. The van der Waals surface area contributed by atoms with Crippen LogP contribution in [0.2, 0.25) is 5.02 Å². The third kappa shape index (κ3) is 2.23. The zero-order valence-corrected chi connectivity index (χ0v) is 12.3. The number of carbonyl (C=O) groups excluding carboxylic acids is 1. The predicted octanol–water partition coefficient (Wildman–Crippen LogP) is 2.60. The van der Waals surface area contributed by atoms with Crippen LogP contribution in [0.25, 0.3) is 0 Å². The van der Waals surface area contributed by atoms with E-state index in [9.17, 15) is 9.90 Å². The second-order valence-corrected chi connectivity index (χ2v) is 6.47. The summed E-state index contributed by atoms with van der Waals surface area (Å²) in [6.07, 6.45) is 3.87. The number of halogens is 1. The molecule has 108 valence electrons. The van der Waals surface area contributed by atoms with Gasteiger partial charge in [0.05, 0.1) is 5.41 Å². The summed E-state index contributed by atoms with van der Waals surface area (Å²) in [4.78, 5) is 14.8. The van der Waals surface area contributed by atoms with E-state index in [1.165, 1.54) is 0 Å². The van der Waals surface area contributed by atoms with Gasteiger partial charge in [0.1, 0.15) is 0 Å². The van der Waals surface area contributed by atoms with Gasteiger partial charge >= 0.3 is 0 Å². The fourth-order valence-corrected chi connectivity index (χ4v) is 3.52. The van der Waals surface area contributed by atoms with Crippen molar-refractivity contribution in [2.45, 2.75) is 31.1 Å². The Morgan fingerprint density at radius 3 is 2.55 bits per heavy atom. The first-order valence-corrected chi connectivity index (χ1v) is 7.70. The van der Waals surface area contributed by atoms with Crippen LogP contribution in [0.15, 0.2) is 24.3 Å². The Balaban J connectivity index is 1.82.